The molecule has 0 spiro atoms. The molecule has 1 unspecified atom stereocenters. The number of alkyl carbamates (subject to hydrolysis) is 1. The number of carbonyl (C=O) groups excluding carboxylic acids is 1. The first kappa shape index (κ1) is 15.8. The molecule has 0 bridgehead atoms. The van der Waals surface area contributed by atoms with Gasteiger partial charge in [0, 0.05) is 5.92 Å². The summed E-state index contributed by atoms with van der Waals surface area (Å²) in [5.74, 6) is -0.0148. The minimum absolute atomic E-state index is 0.0148. The van der Waals surface area contributed by atoms with Gasteiger partial charge in [0.2, 0.25) is 0 Å². The van der Waals surface area contributed by atoms with Crippen molar-refractivity contribution >= 4 is 6.09 Å². The lowest BCUT2D eigenvalue weighted by Crippen LogP contribution is -2.40. The Morgan fingerprint density at radius 2 is 1.45 bits per heavy atom. The third-order valence-corrected chi connectivity index (χ3v) is 3.64. The summed E-state index contributed by atoms with van der Waals surface area (Å²) < 4.78 is 4.76. The molecule has 0 aliphatic rings. The highest BCUT2D eigenvalue weighted by atomic mass is 16.5. The van der Waals surface area contributed by atoms with Crippen molar-refractivity contribution in [3.63, 3.8) is 0 Å². The highest BCUT2D eigenvalue weighted by molar-refractivity contribution is 5.68. The Kier molecular flexibility index (Phi) is 5.37. The van der Waals surface area contributed by atoms with Crippen LogP contribution in [-0.4, -0.2) is 19.2 Å². The molecule has 0 aliphatic heterocycles. The third kappa shape index (κ3) is 3.76. The zero-order valence-corrected chi connectivity index (χ0v) is 13.0. The van der Waals surface area contributed by atoms with Crippen LogP contribution in [0.1, 0.15) is 24.0 Å². The van der Waals surface area contributed by atoms with Crippen molar-refractivity contribution in [2.75, 3.05) is 7.11 Å². The second-order valence-electron chi connectivity index (χ2n) is 5.26. The van der Waals surface area contributed by atoms with Gasteiger partial charge in [0.05, 0.1) is 13.2 Å². The first-order valence-electron chi connectivity index (χ1n) is 7.23. The van der Waals surface area contributed by atoms with Crippen LogP contribution >= 0.6 is 0 Å². The molecule has 114 valence electrons. The number of amides is 1. The van der Waals surface area contributed by atoms with E-state index < -0.39 is 6.09 Å². The summed E-state index contributed by atoms with van der Waals surface area (Å²) in [6.07, 6.45) is -0.454. The molecule has 0 radical (unpaired) electrons. The molecule has 0 saturated carbocycles. The summed E-state index contributed by atoms with van der Waals surface area (Å²) in [5.41, 5.74) is 3.12. The highest BCUT2D eigenvalue weighted by Crippen LogP contribution is 2.30. The number of ether oxygens (including phenoxy) is 1. The minimum Gasteiger partial charge on any atom is -0.453 e. The summed E-state index contributed by atoms with van der Waals surface area (Å²) in [6.45, 7) is 5.96. The zero-order valence-electron chi connectivity index (χ0n) is 13.0. The van der Waals surface area contributed by atoms with E-state index in [1.807, 2.05) is 43.3 Å². The third-order valence-electron chi connectivity index (χ3n) is 3.64. The van der Waals surface area contributed by atoms with Crippen molar-refractivity contribution in [3.05, 3.63) is 83.9 Å². The molecule has 1 amide bonds. The van der Waals surface area contributed by atoms with Crippen LogP contribution in [0.2, 0.25) is 0 Å². The van der Waals surface area contributed by atoms with E-state index in [0.29, 0.717) is 0 Å². The normalized spacial score (nSPS) is 11.8. The van der Waals surface area contributed by atoms with E-state index in [1.54, 1.807) is 0 Å². The minimum atomic E-state index is -0.454. The van der Waals surface area contributed by atoms with Gasteiger partial charge in [0.25, 0.3) is 0 Å². The molecule has 1 atom stereocenters. The standard InChI is InChI=1S/C19H21NO2/c1-14(2)18(20-19(21)22-3)17(15-10-6-4-7-11-15)16-12-8-5-9-13-16/h4-13,17-18H,1H2,2-3H3,(H,20,21). The Balaban J connectivity index is 2.46. The number of methoxy groups -OCH3 is 1. The Morgan fingerprint density at radius 3 is 1.82 bits per heavy atom. The number of carbonyl (C=O) groups is 1. The molecule has 2 rings (SSSR count). The lowest BCUT2D eigenvalue weighted by Gasteiger charge is -2.29. The van der Waals surface area contributed by atoms with Gasteiger partial charge in [0.15, 0.2) is 0 Å². The monoisotopic (exact) mass is 295 g/mol. The number of rotatable bonds is 5. The zero-order chi connectivity index (χ0) is 15.9. The average Bonchev–Trinajstić information content (AvgIpc) is 2.56. The summed E-state index contributed by atoms with van der Waals surface area (Å²) >= 11 is 0. The van der Waals surface area contributed by atoms with E-state index in [-0.39, 0.29) is 12.0 Å². The van der Waals surface area contributed by atoms with Crippen molar-refractivity contribution in [2.45, 2.75) is 18.9 Å². The molecule has 22 heavy (non-hydrogen) atoms. The maximum Gasteiger partial charge on any atom is 0.407 e. The predicted molar refractivity (Wildman–Crippen MR) is 88.9 cm³/mol. The molecule has 0 heterocycles. The van der Waals surface area contributed by atoms with Crippen molar-refractivity contribution in [3.8, 4) is 0 Å². The van der Waals surface area contributed by atoms with Crippen LogP contribution in [0.4, 0.5) is 4.79 Å². The van der Waals surface area contributed by atoms with Crippen LogP contribution in [0.15, 0.2) is 72.8 Å². The summed E-state index contributed by atoms with van der Waals surface area (Å²) in [6, 6.07) is 20.0. The van der Waals surface area contributed by atoms with Crippen LogP contribution in [0.3, 0.4) is 0 Å². The van der Waals surface area contributed by atoms with Crippen molar-refractivity contribution < 1.29 is 9.53 Å². The molecule has 3 nitrogen and oxygen atoms in total. The van der Waals surface area contributed by atoms with E-state index in [9.17, 15) is 4.79 Å². The van der Waals surface area contributed by atoms with Gasteiger partial charge < -0.3 is 10.1 Å². The maximum atomic E-state index is 11.7. The molecule has 1 N–H and O–H groups in total. The van der Waals surface area contributed by atoms with Crippen molar-refractivity contribution in [1.82, 2.24) is 5.32 Å². The lowest BCUT2D eigenvalue weighted by atomic mass is 9.82. The van der Waals surface area contributed by atoms with E-state index in [0.717, 1.165) is 16.7 Å². The molecular weight excluding hydrogens is 274 g/mol. The molecule has 0 aliphatic carbocycles. The van der Waals surface area contributed by atoms with Gasteiger partial charge in [-0.25, -0.2) is 4.79 Å². The summed E-state index contributed by atoms with van der Waals surface area (Å²) in [7, 11) is 1.37. The van der Waals surface area contributed by atoms with Gasteiger partial charge in [0.1, 0.15) is 0 Å². The van der Waals surface area contributed by atoms with Crippen LogP contribution in [-0.2, 0) is 4.74 Å². The fourth-order valence-electron chi connectivity index (χ4n) is 2.58. The van der Waals surface area contributed by atoms with E-state index in [4.69, 9.17) is 4.74 Å². The highest BCUT2D eigenvalue weighted by Gasteiger charge is 2.27. The Labute approximate surface area is 131 Å². The first-order valence-corrected chi connectivity index (χ1v) is 7.23. The summed E-state index contributed by atoms with van der Waals surface area (Å²) in [4.78, 5) is 11.7. The van der Waals surface area contributed by atoms with Crippen LogP contribution in [0.25, 0.3) is 0 Å². The molecule has 3 heteroatoms. The van der Waals surface area contributed by atoms with Gasteiger partial charge in [-0.3, -0.25) is 0 Å². The van der Waals surface area contributed by atoms with Crippen LogP contribution in [0.5, 0.6) is 0 Å². The van der Waals surface area contributed by atoms with Gasteiger partial charge in [-0.15, -0.1) is 0 Å². The predicted octanol–water partition coefficient (Wildman–Crippen LogP) is 4.12. The Bertz CT molecular complexity index is 583. The number of hydrogen-bond acceptors (Lipinski definition) is 2. The number of benzene rings is 2. The first-order chi connectivity index (χ1) is 10.6. The van der Waals surface area contributed by atoms with Gasteiger partial charge in [-0.05, 0) is 18.1 Å². The molecular formula is C19H21NO2. The molecule has 0 aromatic heterocycles. The second kappa shape index (κ2) is 7.46. The van der Waals surface area contributed by atoms with E-state index in [1.165, 1.54) is 7.11 Å². The second-order valence-corrected chi connectivity index (χ2v) is 5.26. The molecule has 0 fully saturated rings. The van der Waals surface area contributed by atoms with Crippen LogP contribution in [0, 0.1) is 0 Å². The molecule has 2 aromatic carbocycles. The van der Waals surface area contributed by atoms with Crippen molar-refractivity contribution in [1.29, 1.82) is 0 Å². The van der Waals surface area contributed by atoms with E-state index >= 15 is 0 Å². The van der Waals surface area contributed by atoms with Crippen LogP contribution < -0.4 is 5.32 Å². The fourth-order valence-corrected chi connectivity index (χ4v) is 2.58. The topological polar surface area (TPSA) is 38.3 Å². The molecule has 2 aromatic rings. The molecule has 0 saturated heterocycles. The smallest absolute Gasteiger partial charge is 0.407 e. The Hall–Kier alpha value is -2.55. The fraction of sp³-hybridized carbons (Fsp3) is 0.211. The van der Waals surface area contributed by atoms with E-state index in [2.05, 4.69) is 36.2 Å². The maximum absolute atomic E-state index is 11.7. The van der Waals surface area contributed by atoms with Gasteiger partial charge in [-0.1, -0.05) is 72.8 Å². The number of nitrogens with one attached hydrogen (secondary N) is 1. The SMILES string of the molecule is C=C(C)C(NC(=O)OC)C(c1ccccc1)c1ccccc1. The lowest BCUT2D eigenvalue weighted by molar-refractivity contribution is 0.167. The van der Waals surface area contributed by atoms with Gasteiger partial charge >= 0.3 is 6.09 Å². The summed E-state index contributed by atoms with van der Waals surface area (Å²) in [5, 5.41) is 2.90. The average molecular weight is 295 g/mol. The largest absolute Gasteiger partial charge is 0.453 e. The van der Waals surface area contributed by atoms with Gasteiger partial charge in [-0.2, -0.15) is 0 Å². The Morgan fingerprint density at radius 1 is 1.00 bits per heavy atom. The quantitative estimate of drug-likeness (QED) is 0.843. The number of hydrogen-bond donors (Lipinski definition) is 1. The van der Waals surface area contributed by atoms with Crippen molar-refractivity contribution in [2.24, 2.45) is 0 Å².